The maximum atomic E-state index is 9.70. The fourth-order valence-corrected chi connectivity index (χ4v) is 1.55. The van der Waals surface area contributed by atoms with Crippen LogP contribution < -0.4 is 0 Å². The van der Waals surface area contributed by atoms with Gasteiger partial charge in [0.05, 0.1) is 11.1 Å². The van der Waals surface area contributed by atoms with E-state index in [2.05, 4.69) is 27.8 Å². The molecular formula is C11H10BrClO. The van der Waals surface area contributed by atoms with E-state index in [1.807, 2.05) is 6.07 Å². The van der Waals surface area contributed by atoms with Crippen LogP contribution in [0.3, 0.4) is 0 Å². The summed E-state index contributed by atoms with van der Waals surface area (Å²) in [4.78, 5) is 0. The molecule has 3 heteroatoms. The number of aliphatic hydroxyl groups excluding tert-OH is 1. The maximum Gasteiger partial charge on any atom is 0.0899 e. The van der Waals surface area contributed by atoms with E-state index < -0.39 is 6.10 Å². The summed E-state index contributed by atoms with van der Waals surface area (Å²) in [6, 6.07) is 5.36. The summed E-state index contributed by atoms with van der Waals surface area (Å²) in [5.41, 5.74) is 0.823. The molecule has 0 saturated heterocycles. The van der Waals surface area contributed by atoms with Gasteiger partial charge in [-0.2, -0.15) is 0 Å². The largest absolute Gasteiger partial charge is 0.387 e. The molecule has 0 aliphatic rings. The first-order valence-corrected chi connectivity index (χ1v) is 5.35. The van der Waals surface area contributed by atoms with Crippen molar-refractivity contribution in [3.63, 3.8) is 0 Å². The van der Waals surface area contributed by atoms with Crippen molar-refractivity contribution in [3.8, 4) is 11.8 Å². The standard InChI is InChI=1S/C11H10BrClO/c1-2-3-4-11(14)8-5-6-10(13)9(12)7-8/h5-7,11,14H,4H2,1H3. The second-order valence-electron chi connectivity index (χ2n) is 2.82. The highest BCUT2D eigenvalue weighted by Crippen LogP contribution is 2.26. The van der Waals surface area contributed by atoms with Crippen molar-refractivity contribution < 1.29 is 5.11 Å². The summed E-state index contributed by atoms with van der Waals surface area (Å²) in [6.45, 7) is 1.75. The first-order chi connectivity index (χ1) is 6.65. The number of rotatable bonds is 2. The first-order valence-electron chi connectivity index (χ1n) is 4.17. The van der Waals surface area contributed by atoms with Crippen LogP contribution in [0.25, 0.3) is 0 Å². The third-order valence-electron chi connectivity index (χ3n) is 1.80. The average molecular weight is 274 g/mol. The highest BCUT2D eigenvalue weighted by Gasteiger charge is 2.07. The molecule has 0 aliphatic carbocycles. The predicted octanol–water partition coefficient (Wildman–Crippen LogP) is 3.55. The Morgan fingerprint density at radius 2 is 2.29 bits per heavy atom. The van der Waals surface area contributed by atoms with Crippen LogP contribution in [0.15, 0.2) is 22.7 Å². The van der Waals surface area contributed by atoms with Crippen molar-refractivity contribution >= 4 is 27.5 Å². The van der Waals surface area contributed by atoms with Crippen LogP contribution in [-0.4, -0.2) is 5.11 Å². The number of hydrogen-bond donors (Lipinski definition) is 1. The molecule has 0 saturated carbocycles. The lowest BCUT2D eigenvalue weighted by Gasteiger charge is -2.08. The molecule has 0 aliphatic heterocycles. The van der Waals surface area contributed by atoms with Crippen molar-refractivity contribution in [3.05, 3.63) is 33.3 Å². The highest BCUT2D eigenvalue weighted by atomic mass is 79.9. The van der Waals surface area contributed by atoms with E-state index in [-0.39, 0.29) is 0 Å². The molecule has 1 aromatic carbocycles. The highest BCUT2D eigenvalue weighted by molar-refractivity contribution is 9.10. The summed E-state index contributed by atoms with van der Waals surface area (Å²) in [5.74, 6) is 5.58. The minimum Gasteiger partial charge on any atom is -0.387 e. The monoisotopic (exact) mass is 272 g/mol. The molecule has 0 bridgehead atoms. The Balaban J connectivity index is 2.83. The van der Waals surface area contributed by atoms with Gasteiger partial charge >= 0.3 is 0 Å². The average Bonchev–Trinajstić information content (AvgIpc) is 2.18. The number of benzene rings is 1. The Morgan fingerprint density at radius 3 is 2.86 bits per heavy atom. The number of halogens is 2. The van der Waals surface area contributed by atoms with Crippen LogP contribution in [-0.2, 0) is 0 Å². The molecule has 1 unspecified atom stereocenters. The van der Waals surface area contributed by atoms with Crippen LogP contribution in [0, 0.1) is 11.8 Å². The van der Waals surface area contributed by atoms with Gasteiger partial charge in [-0.25, -0.2) is 0 Å². The molecule has 1 rings (SSSR count). The summed E-state index contributed by atoms with van der Waals surface area (Å²) in [5, 5.41) is 10.3. The molecular weight excluding hydrogens is 263 g/mol. The number of aliphatic hydroxyl groups is 1. The van der Waals surface area contributed by atoms with Crippen LogP contribution in [0.1, 0.15) is 25.0 Å². The van der Waals surface area contributed by atoms with Gasteiger partial charge in [0.1, 0.15) is 0 Å². The minimum absolute atomic E-state index is 0.449. The zero-order valence-corrected chi connectivity index (χ0v) is 10.1. The molecule has 0 spiro atoms. The SMILES string of the molecule is CC#CCC(O)c1ccc(Cl)c(Br)c1. The summed E-state index contributed by atoms with van der Waals surface area (Å²) in [7, 11) is 0. The molecule has 0 amide bonds. The van der Waals surface area contributed by atoms with Gasteiger partial charge in [0.2, 0.25) is 0 Å². The first kappa shape index (κ1) is 11.6. The van der Waals surface area contributed by atoms with Gasteiger partial charge in [0.25, 0.3) is 0 Å². The van der Waals surface area contributed by atoms with Gasteiger partial charge in [0.15, 0.2) is 0 Å². The summed E-state index contributed by atoms with van der Waals surface area (Å²) < 4.78 is 0.792. The van der Waals surface area contributed by atoms with E-state index in [0.29, 0.717) is 11.4 Å². The molecule has 1 atom stereocenters. The molecule has 74 valence electrons. The Bertz CT molecular complexity index is 379. The van der Waals surface area contributed by atoms with Gasteiger partial charge in [-0.3, -0.25) is 0 Å². The predicted molar refractivity (Wildman–Crippen MR) is 62.2 cm³/mol. The molecule has 0 fully saturated rings. The Kier molecular flexibility index (Phi) is 4.47. The van der Waals surface area contributed by atoms with E-state index in [1.165, 1.54) is 0 Å². The van der Waals surface area contributed by atoms with Gasteiger partial charge in [-0.05, 0) is 40.5 Å². The lowest BCUT2D eigenvalue weighted by Crippen LogP contribution is -1.95. The van der Waals surface area contributed by atoms with Crippen molar-refractivity contribution in [2.45, 2.75) is 19.4 Å². The fraction of sp³-hybridized carbons (Fsp3) is 0.273. The molecule has 14 heavy (non-hydrogen) atoms. The Hall–Kier alpha value is -0.490. The quantitative estimate of drug-likeness (QED) is 0.817. The Morgan fingerprint density at radius 1 is 1.57 bits per heavy atom. The lowest BCUT2D eigenvalue weighted by atomic mass is 10.1. The molecule has 1 aromatic rings. The van der Waals surface area contributed by atoms with Gasteiger partial charge < -0.3 is 5.11 Å². The van der Waals surface area contributed by atoms with Gasteiger partial charge in [-0.15, -0.1) is 11.8 Å². The minimum atomic E-state index is -0.545. The lowest BCUT2D eigenvalue weighted by molar-refractivity contribution is 0.184. The van der Waals surface area contributed by atoms with E-state index >= 15 is 0 Å². The van der Waals surface area contributed by atoms with Crippen LogP contribution >= 0.6 is 27.5 Å². The zero-order valence-electron chi connectivity index (χ0n) is 7.72. The smallest absolute Gasteiger partial charge is 0.0899 e. The number of hydrogen-bond acceptors (Lipinski definition) is 1. The third-order valence-corrected chi connectivity index (χ3v) is 3.01. The third kappa shape index (κ3) is 3.02. The van der Waals surface area contributed by atoms with Crippen molar-refractivity contribution in [2.24, 2.45) is 0 Å². The topological polar surface area (TPSA) is 20.2 Å². The second-order valence-corrected chi connectivity index (χ2v) is 4.08. The molecule has 0 heterocycles. The summed E-state index contributed by atoms with van der Waals surface area (Å²) in [6.07, 6.45) is -0.0964. The normalized spacial score (nSPS) is 11.7. The zero-order chi connectivity index (χ0) is 10.6. The van der Waals surface area contributed by atoms with Crippen molar-refractivity contribution in [1.29, 1.82) is 0 Å². The van der Waals surface area contributed by atoms with Crippen molar-refractivity contribution in [2.75, 3.05) is 0 Å². The van der Waals surface area contributed by atoms with Crippen LogP contribution in [0.2, 0.25) is 5.02 Å². The molecule has 0 radical (unpaired) electrons. The van der Waals surface area contributed by atoms with E-state index in [9.17, 15) is 5.11 Å². The van der Waals surface area contributed by atoms with Crippen LogP contribution in [0.4, 0.5) is 0 Å². The van der Waals surface area contributed by atoms with Gasteiger partial charge in [0, 0.05) is 10.9 Å². The molecule has 1 N–H and O–H groups in total. The van der Waals surface area contributed by atoms with E-state index in [0.717, 1.165) is 10.0 Å². The maximum absolute atomic E-state index is 9.70. The Labute approximate surface area is 97.2 Å². The van der Waals surface area contributed by atoms with E-state index in [1.54, 1.807) is 19.1 Å². The van der Waals surface area contributed by atoms with Gasteiger partial charge in [-0.1, -0.05) is 17.7 Å². The molecule has 1 nitrogen and oxygen atoms in total. The van der Waals surface area contributed by atoms with E-state index in [4.69, 9.17) is 11.6 Å². The van der Waals surface area contributed by atoms with Crippen LogP contribution in [0.5, 0.6) is 0 Å². The fourth-order valence-electron chi connectivity index (χ4n) is 1.04. The summed E-state index contributed by atoms with van der Waals surface area (Å²) >= 11 is 9.14. The van der Waals surface area contributed by atoms with Crippen molar-refractivity contribution in [1.82, 2.24) is 0 Å². The molecule has 0 aromatic heterocycles. The second kappa shape index (κ2) is 5.41.